The van der Waals surface area contributed by atoms with Gasteiger partial charge in [0.15, 0.2) is 0 Å². The number of anilines is 1. The molecule has 26 heavy (non-hydrogen) atoms. The number of nitrogens with one attached hydrogen (secondary N) is 1. The summed E-state index contributed by atoms with van der Waals surface area (Å²) in [6, 6.07) is 20.8. The highest BCUT2D eigenvalue weighted by Gasteiger charge is 2.15. The fourth-order valence-corrected chi connectivity index (χ4v) is 3.33. The predicted molar refractivity (Wildman–Crippen MR) is 105 cm³/mol. The standard InChI is InChI=1S/C22H23N3O/c1-26-20-9-7-17(8-10-20)15-25-12-11-23-22-13-21(24-14-19(22)16-25)18-5-3-2-4-6-18/h2-10,13-14,23H,11-12,15-16H2,1H3. The molecule has 4 nitrogen and oxygen atoms in total. The van der Waals surface area contributed by atoms with Crippen LogP contribution in [0.5, 0.6) is 5.75 Å². The lowest BCUT2D eigenvalue weighted by atomic mass is 10.1. The topological polar surface area (TPSA) is 37.4 Å². The molecule has 0 amide bonds. The lowest BCUT2D eigenvalue weighted by molar-refractivity contribution is 0.271. The van der Waals surface area contributed by atoms with E-state index in [0.717, 1.165) is 43.2 Å². The molecule has 0 fully saturated rings. The van der Waals surface area contributed by atoms with Crippen molar-refractivity contribution in [2.24, 2.45) is 0 Å². The molecule has 1 aliphatic rings. The lowest BCUT2D eigenvalue weighted by Crippen LogP contribution is -2.25. The molecule has 1 aromatic heterocycles. The van der Waals surface area contributed by atoms with Gasteiger partial charge in [0.05, 0.1) is 12.8 Å². The van der Waals surface area contributed by atoms with Gasteiger partial charge in [0.2, 0.25) is 0 Å². The van der Waals surface area contributed by atoms with Crippen LogP contribution in [0.15, 0.2) is 66.9 Å². The van der Waals surface area contributed by atoms with Crippen LogP contribution in [0.4, 0.5) is 5.69 Å². The van der Waals surface area contributed by atoms with E-state index in [2.05, 4.69) is 45.5 Å². The first-order chi connectivity index (χ1) is 12.8. The number of methoxy groups -OCH3 is 1. The molecule has 2 aromatic carbocycles. The Labute approximate surface area is 154 Å². The molecule has 4 rings (SSSR count). The number of fused-ring (bicyclic) bond motifs is 1. The van der Waals surface area contributed by atoms with Crippen molar-refractivity contribution in [1.82, 2.24) is 9.88 Å². The zero-order valence-electron chi connectivity index (χ0n) is 15.0. The number of nitrogens with zero attached hydrogens (tertiary/aromatic N) is 2. The van der Waals surface area contributed by atoms with E-state index >= 15 is 0 Å². The fourth-order valence-electron chi connectivity index (χ4n) is 3.33. The molecule has 0 unspecified atom stereocenters. The molecular formula is C22H23N3O. The molecule has 0 bridgehead atoms. The smallest absolute Gasteiger partial charge is 0.118 e. The maximum Gasteiger partial charge on any atom is 0.118 e. The third kappa shape index (κ3) is 3.70. The minimum absolute atomic E-state index is 0.897. The second-order valence-electron chi connectivity index (χ2n) is 6.58. The lowest BCUT2D eigenvalue weighted by Gasteiger charge is -2.20. The Bertz CT molecular complexity index is 862. The summed E-state index contributed by atoms with van der Waals surface area (Å²) in [7, 11) is 1.70. The van der Waals surface area contributed by atoms with E-state index in [1.54, 1.807) is 7.11 Å². The molecule has 1 N–H and O–H groups in total. The molecule has 0 saturated heterocycles. The first-order valence-electron chi connectivity index (χ1n) is 8.95. The van der Waals surface area contributed by atoms with Crippen molar-refractivity contribution in [3.63, 3.8) is 0 Å². The van der Waals surface area contributed by atoms with Gasteiger partial charge in [-0.05, 0) is 23.8 Å². The first kappa shape index (κ1) is 16.6. The van der Waals surface area contributed by atoms with Crippen molar-refractivity contribution in [1.29, 1.82) is 0 Å². The summed E-state index contributed by atoms with van der Waals surface area (Å²) in [5.74, 6) is 0.897. The number of pyridine rings is 1. The van der Waals surface area contributed by atoms with Gasteiger partial charge in [-0.25, -0.2) is 0 Å². The van der Waals surface area contributed by atoms with Crippen LogP contribution in [0.2, 0.25) is 0 Å². The van der Waals surface area contributed by atoms with E-state index < -0.39 is 0 Å². The van der Waals surface area contributed by atoms with Crippen LogP contribution in [-0.2, 0) is 13.1 Å². The summed E-state index contributed by atoms with van der Waals surface area (Å²) < 4.78 is 5.24. The summed E-state index contributed by atoms with van der Waals surface area (Å²) >= 11 is 0. The number of aromatic nitrogens is 1. The molecule has 1 aliphatic heterocycles. The Hall–Kier alpha value is -2.85. The second kappa shape index (κ2) is 7.58. The molecule has 4 heteroatoms. The van der Waals surface area contributed by atoms with Gasteiger partial charge in [0.25, 0.3) is 0 Å². The van der Waals surface area contributed by atoms with Crippen LogP contribution >= 0.6 is 0 Å². The average molecular weight is 345 g/mol. The third-order valence-corrected chi connectivity index (χ3v) is 4.76. The van der Waals surface area contributed by atoms with Crippen molar-refractivity contribution in [3.8, 4) is 17.0 Å². The Morgan fingerprint density at radius 3 is 2.65 bits per heavy atom. The second-order valence-corrected chi connectivity index (χ2v) is 6.58. The number of rotatable bonds is 4. The van der Waals surface area contributed by atoms with Gasteiger partial charge < -0.3 is 10.1 Å². The van der Waals surface area contributed by atoms with Gasteiger partial charge in [0, 0.05) is 49.2 Å². The van der Waals surface area contributed by atoms with Crippen LogP contribution in [-0.4, -0.2) is 30.1 Å². The number of ether oxygens (including phenoxy) is 1. The molecule has 132 valence electrons. The monoisotopic (exact) mass is 345 g/mol. The molecule has 0 saturated carbocycles. The Morgan fingerprint density at radius 1 is 1.08 bits per heavy atom. The highest BCUT2D eigenvalue weighted by molar-refractivity contribution is 5.66. The zero-order valence-corrected chi connectivity index (χ0v) is 15.0. The molecular weight excluding hydrogens is 322 g/mol. The normalized spacial score (nSPS) is 14.2. The average Bonchev–Trinajstić information content (AvgIpc) is 2.90. The molecule has 3 aromatic rings. The first-order valence-corrected chi connectivity index (χ1v) is 8.95. The number of hydrogen-bond donors (Lipinski definition) is 1. The van der Waals surface area contributed by atoms with Crippen molar-refractivity contribution >= 4 is 5.69 Å². The number of hydrogen-bond acceptors (Lipinski definition) is 4. The van der Waals surface area contributed by atoms with E-state index in [-0.39, 0.29) is 0 Å². The summed E-state index contributed by atoms with van der Waals surface area (Å²) in [4.78, 5) is 7.13. The maximum absolute atomic E-state index is 5.24. The van der Waals surface area contributed by atoms with Gasteiger partial charge in [-0.15, -0.1) is 0 Å². The van der Waals surface area contributed by atoms with Gasteiger partial charge in [-0.3, -0.25) is 9.88 Å². The summed E-state index contributed by atoms with van der Waals surface area (Å²) in [5, 5.41) is 3.57. The minimum atomic E-state index is 0.897. The van der Waals surface area contributed by atoms with Crippen molar-refractivity contribution in [2.75, 3.05) is 25.5 Å². The van der Waals surface area contributed by atoms with E-state index in [1.165, 1.54) is 16.8 Å². The molecule has 2 heterocycles. The van der Waals surface area contributed by atoms with Crippen LogP contribution in [0, 0.1) is 0 Å². The van der Waals surface area contributed by atoms with Crippen LogP contribution in [0.1, 0.15) is 11.1 Å². The summed E-state index contributed by atoms with van der Waals surface area (Å²) in [6.07, 6.45) is 2.01. The third-order valence-electron chi connectivity index (χ3n) is 4.76. The molecule has 0 spiro atoms. The SMILES string of the molecule is COc1ccc(CN2CCNc3cc(-c4ccccc4)ncc3C2)cc1. The van der Waals surface area contributed by atoms with Crippen LogP contribution in [0.3, 0.4) is 0 Å². The Balaban J connectivity index is 1.51. The van der Waals surface area contributed by atoms with E-state index in [1.807, 2.05) is 36.5 Å². The van der Waals surface area contributed by atoms with E-state index in [9.17, 15) is 0 Å². The fraction of sp³-hybridized carbons (Fsp3) is 0.227. The number of benzene rings is 2. The van der Waals surface area contributed by atoms with Gasteiger partial charge >= 0.3 is 0 Å². The Morgan fingerprint density at radius 2 is 1.88 bits per heavy atom. The van der Waals surface area contributed by atoms with Crippen LogP contribution < -0.4 is 10.1 Å². The van der Waals surface area contributed by atoms with Crippen LogP contribution in [0.25, 0.3) is 11.3 Å². The predicted octanol–water partition coefficient (Wildman–Crippen LogP) is 4.18. The van der Waals surface area contributed by atoms with Gasteiger partial charge in [-0.2, -0.15) is 0 Å². The highest BCUT2D eigenvalue weighted by Crippen LogP contribution is 2.26. The molecule has 0 aliphatic carbocycles. The highest BCUT2D eigenvalue weighted by atomic mass is 16.5. The van der Waals surface area contributed by atoms with Crippen molar-refractivity contribution < 1.29 is 4.74 Å². The van der Waals surface area contributed by atoms with Gasteiger partial charge in [-0.1, -0.05) is 42.5 Å². The van der Waals surface area contributed by atoms with E-state index in [4.69, 9.17) is 4.74 Å². The largest absolute Gasteiger partial charge is 0.497 e. The van der Waals surface area contributed by atoms with Gasteiger partial charge in [0.1, 0.15) is 5.75 Å². The molecule has 0 atom stereocenters. The van der Waals surface area contributed by atoms with E-state index in [0.29, 0.717) is 0 Å². The summed E-state index contributed by atoms with van der Waals surface area (Å²) in [6.45, 7) is 3.75. The quantitative estimate of drug-likeness (QED) is 0.769. The molecule has 0 radical (unpaired) electrons. The Kier molecular flexibility index (Phi) is 4.84. The minimum Gasteiger partial charge on any atom is -0.497 e. The van der Waals surface area contributed by atoms with Crippen molar-refractivity contribution in [3.05, 3.63) is 78.0 Å². The van der Waals surface area contributed by atoms with Crippen molar-refractivity contribution in [2.45, 2.75) is 13.1 Å². The summed E-state index contributed by atoms with van der Waals surface area (Å²) in [5.41, 5.74) is 5.90. The maximum atomic E-state index is 5.24. The zero-order chi connectivity index (χ0) is 17.8.